The highest BCUT2D eigenvalue weighted by molar-refractivity contribution is 5.99. The average Bonchev–Trinajstić information content (AvgIpc) is 2.62. The van der Waals surface area contributed by atoms with Crippen LogP contribution in [0, 0.1) is 0 Å². The normalized spacial score (nSPS) is 11.1. The molecule has 0 spiro atoms. The lowest BCUT2D eigenvalue weighted by atomic mass is 10.2. The summed E-state index contributed by atoms with van der Waals surface area (Å²) in [4.78, 5) is 35.3. The fourth-order valence-corrected chi connectivity index (χ4v) is 1.89. The second kappa shape index (κ2) is 8.49. The first kappa shape index (κ1) is 18.0. The van der Waals surface area contributed by atoms with E-state index in [4.69, 9.17) is 9.47 Å². The number of carbonyl (C=O) groups excluding carboxylic acids is 3. The van der Waals surface area contributed by atoms with Gasteiger partial charge in [-0.05, 0) is 31.2 Å². The quantitative estimate of drug-likeness (QED) is 0.814. The molecule has 2 N–H and O–H groups in total. The Bertz CT molecular complexity index is 761. The van der Waals surface area contributed by atoms with Crippen LogP contribution in [0.3, 0.4) is 0 Å². The second-order valence-corrected chi connectivity index (χ2v) is 5.03. The van der Waals surface area contributed by atoms with Crippen molar-refractivity contribution >= 4 is 17.9 Å². The summed E-state index contributed by atoms with van der Waals surface area (Å²) in [6, 6.07) is 14.8. The van der Waals surface area contributed by atoms with Gasteiger partial charge in [0.05, 0.1) is 0 Å². The van der Waals surface area contributed by atoms with Crippen molar-refractivity contribution in [2.45, 2.75) is 13.0 Å². The maximum atomic E-state index is 12.3. The molecule has 7 heteroatoms. The molecule has 0 bridgehead atoms. The molecule has 2 rings (SSSR count). The predicted octanol–water partition coefficient (Wildman–Crippen LogP) is 2.48. The lowest BCUT2D eigenvalue weighted by Crippen LogP contribution is -2.43. The number of esters is 1. The van der Waals surface area contributed by atoms with E-state index >= 15 is 0 Å². The summed E-state index contributed by atoms with van der Waals surface area (Å²) in [6.07, 6.45) is -1.14. The van der Waals surface area contributed by atoms with Gasteiger partial charge in [0.25, 0.3) is 5.91 Å². The van der Waals surface area contributed by atoms with E-state index in [1.54, 1.807) is 42.5 Å². The van der Waals surface area contributed by atoms with Crippen molar-refractivity contribution < 1.29 is 23.9 Å². The van der Waals surface area contributed by atoms with E-state index in [2.05, 4.69) is 5.32 Å². The van der Waals surface area contributed by atoms with Crippen LogP contribution in [-0.4, -0.2) is 31.1 Å². The summed E-state index contributed by atoms with van der Waals surface area (Å²) in [5, 5.41) is 4.28. The van der Waals surface area contributed by atoms with Crippen molar-refractivity contribution in [2.24, 2.45) is 0 Å². The van der Waals surface area contributed by atoms with Gasteiger partial charge in [0.2, 0.25) is 0 Å². The molecule has 0 aliphatic carbocycles. The third-order valence-electron chi connectivity index (χ3n) is 3.19. The number of urea groups is 1. The van der Waals surface area contributed by atoms with Crippen LogP contribution in [0.2, 0.25) is 0 Å². The first-order valence-electron chi connectivity index (χ1n) is 7.56. The van der Waals surface area contributed by atoms with Gasteiger partial charge in [-0.25, -0.2) is 9.59 Å². The molecule has 0 fully saturated rings. The largest absolute Gasteiger partial charge is 0.456 e. The minimum atomic E-state index is -1.14. The highest BCUT2D eigenvalue weighted by Gasteiger charge is 2.22. The number of hydrogen-bond acceptors (Lipinski definition) is 5. The number of rotatable bonds is 5. The summed E-state index contributed by atoms with van der Waals surface area (Å²) in [5.41, 5.74) is 0.172. The van der Waals surface area contributed by atoms with E-state index in [1.807, 2.05) is 11.4 Å². The number of para-hydroxylation sites is 2. The highest BCUT2D eigenvalue weighted by Crippen LogP contribution is 2.25. The lowest BCUT2D eigenvalue weighted by Gasteiger charge is -2.14. The van der Waals surface area contributed by atoms with Crippen LogP contribution in [0.4, 0.5) is 4.79 Å². The first-order valence-corrected chi connectivity index (χ1v) is 7.56. The Kier molecular flexibility index (Phi) is 6.11. The fourth-order valence-electron chi connectivity index (χ4n) is 1.89. The molecule has 1 atom stereocenters. The molecular formula is C18H18N2O5. The van der Waals surface area contributed by atoms with Crippen molar-refractivity contribution in [3.8, 4) is 11.5 Å². The van der Waals surface area contributed by atoms with Gasteiger partial charge in [-0.15, -0.1) is 0 Å². The Morgan fingerprint density at radius 1 is 0.960 bits per heavy atom. The Hall–Kier alpha value is -3.35. The monoisotopic (exact) mass is 342 g/mol. The van der Waals surface area contributed by atoms with E-state index in [0.29, 0.717) is 11.5 Å². The number of carbonyl (C=O) groups is 3. The Labute approximate surface area is 144 Å². The molecule has 2 aromatic rings. The van der Waals surface area contributed by atoms with Gasteiger partial charge < -0.3 is 14.8 Å². The molecule has 0 aliphatic rings. The minimum absolute atomic E-state index is 0.172. The molecule has 130 valence electrons. The topological polar surface area (TPSA) is 93.7 Å². The first-order chi connectivity index (χ1) is 12.0. The number of benzene rings is 2. The van der Waals surface area contributed by atoms with Crippen molar-refractivity contribution in [3.05, 3.63) is 60.2 Å². The fraction of sp³-hybridized carbons (Fsp3) is 0.167. The van der Waals surface area contributed by atoms with Crippen LogP contribution >= 0.6 is 0 Å². The zero-order chi connectivity index (χ0) is 18.2. The highest BCUT2D eigenvalue weighted by atomic mass is 16.5. The van der Waals surface area contributed by atoms with Gasteiger partial charge in [0.1, 0.15) is 17.1 Å². The summed E-state index contributed by atoms with van der Waals surface area (Å²) in [6.45, 7) is 1.37. The molecule has 0 heterocycles. The lowest BCUT2D eigenvalue weighted by molar-refractivity contribution is -0.127. The van der Waals surface area contributed by atoms with E-state index in [0.717, 1.165) is 0 Å². The summed E-state index contributed by atoms with van der Waals surface area (Å²) < 4.78 is 10.8. The van der Waals surface area contributed by atoms with Crippen LogP contribution in [0.15, 0.2) is 54.6 Å². The number of nitrogens with one attached hydrogen (secondary N) is 2. The molecule has 0 radical (unpaired) electrons. The van der Waals surface area contributed by atoms with Crippen LogP contribution in [-0.2, 0) is 9.53 Å². The van der Waals surface area contributed by atoms with Crippen LogP contribution < -0.4 is 15.4 Å². The van der Waals surface area contributed by atoms with E-state index in [1.165, 1.54) is 20.0 Å². The van der Waals surface area contributed by atoms with Gasteiger partial charge in [0.15, 0.2) is 6.10 Å². The van der Waals surface area contributed by atoms with Gasteiger partial charge >= 0.3 is 12.0 Å². The molecule has 0 aliphatic heterocycles. The van der Waals surface area contributed by atoms with Crippen molar-refractivity contribution in [1.82, 2.24) is 10.6 Å². The molecule has 2 aromatic carbocycles. The van der Waals surface area contributed by atoms with Crippen LogP contribution in [0.25, 0.3) is 0 Å². The standard InChI is InChI=1S/C18H18N2O5/c1-12(16(21)20-18(23)19-2)24-17(22)14-10-6-7-11-15(14)25-13-8-4-3-5-9-13/h3-12H,1-2H3,(H2,19,20,21,23). The average molecular weight is 342 g/mol. The maximum Gasteiger partial charge on any atom is 0.342 e. The van der Waals surface area contributed by atoms with Gasteiger partial charge in [0, 0.05) is 7.05 Å². The van der Waals surface area contributed by atoms with E-state index in [9.17, 15) is 14.4 Å². The number of imide groups is 1. The molecule has 7 nitrogen and oxygen atoms in total. The zero-order valence-corrected chi connectivity index (χ0v) is 13.8. The Morgan fingerprint density at radius 3 is 2.28 bits per heavy atom. The van der Waals surface area contributed by atoms with Gasteiger partial charge in [-0.1, -0.05) is 30.3 Å². The predicted molar refractivity (Wildman–Crippen MR) is 90.4 cm³/mol. The number of hydrogen-bond donors (Lipinski definition) is 2. The molecule has 0 saturated heterocycles. The minimum Gasteiger partial charge on any atom is -0.456 e. The summed E-state index contributed by atoms with van der Waals surface area (Å²) >= 11 is 0. The molecule has 3 amide bonds. The Balaban J connectivity index is 2.09. The smallest absolute Gasteiger partial charge is 0.342 e. The van der Waals surface area contributed by atoms with Crippen molar-refractivity contribution in [2.75, 3.05) is 7.05 Å². The van der Waals surface area contributed by atoms with Crippen molar-refractivity contribution in [1.29, 1.82) is 0 Å². The SMILES string of the molecule is CNC(=O)NC(=O)C(C)OC(=O)c1ccccc1Oc1ccccc1. The molecule has 0 saturated carbocycles. The van der Waals surface area contributed by atoms with E-state index < -0.39 is 24.0 Å². The molecular weight excluding hydrogens is 324 g/mol. The maximum absolute atomic E-state index is 12.3. The molecule has 25 heavy (non-hydrogen) atoms. The van der Waals surface area contributed by atoms with Crippen molar-refractivity contribution in [3.63, 3.8) is 0 Å². The second-order valence-electron chi connectivity index (χ2n) is 5.03. The molecule has 1 unspecified atom stereocenters. The molecule has 0 aromatic heterocycles. The van der Waals surface area contributed by atoms with Gasteiger partial charge in [-0.2, -0.15) is 0 Å². The van der Waals surface area contributed by atoms with Crippen LogP contribution in [0.5, 0.6) is 11.5 Å². The summed E-state index contributed by atoms with van der Waals surface area (Å²) in [7, 11) is 1.37. The van der Waals surface area contributed by atoms with Crippen LogP contribution in [0.1, 0.15) is 17.3 Å². The number of amides is 3. The Morgan fingerprint density at radius 2 is 1.60 bits per heavy atom. The van der Waals surface area contributed by atoms with Gasteiger partial charge in [-0.3, -0.25) is 10.1 Å². The third kappa shape index (κ3) is 5.07. The zero-order valence-electron chi connectivity index (χ0n) is 13.8. The van der Waals surface area contributed by atoms with E-state index in [-0.39, 0.29) is 5.56 Å². The number of ether oxygens (including phenoxy) is 2. The third-order valence-corrected chi connectivity index (χ3v) is 3.19. The summed E-state index contributed by atoms with van der Waals surface area (Å²) in [5.74, 6) is -0.592.